The van der Waals surface area contributed by atoms with Crippen molar-refractivity contribution in [2.24, 2.45) is 5.41 Å². The molecule has 3 amide bonds. The average Bonchev–Trinajstić information content (AvgIpc) is 2.65. The summed E-state index contributed by atoms with van der Waals surface area (Å²) in [6.45, 7) is 7.80. The number of carbonyl (C=O) groups excluding carboxylic acids is 2. The molecule has 1 N–H and O–H groups in total. The van der Waals surface area contributed by atoms with E-state index in [0.29, 0.717) is 6.54 Å². The molecule has 2 aliphatic rings. The van der Waals surface area contributed by atoms with E-state index in [2.05, 4.69) is 24.4 Å². The van der Waals surface area contributed by atoms with Gasteiger partial charge in [-0.2, -0.15) is 0 Å². The van der Waals surface area contributed by atoms with E-state index in [9.17, 15) is 9.59 Å². The molecule has 1 atom stereocenters. The van der Waals surface area contributed by atoms with E-state index < -0.39 is 0 Å². The van der Waals surface area contributed by atoms with Crippen molar-refractivity contribution in [2.45, 2.75) is 39.0 Å². The first-order chi connectivity index (χ1) is 12.1. The average molecular weight is 343 g/mol. The zero-order valence-electron chi connectivity index (χ0n) is 15.3. The number of rotatable bonds is 3. The third-order valence-electron chi connectivity index (χ3n) is 5.80. The van der Waals surface area contributed by atoms with Crippen LogP contribution in [-0.4, -0.2) is 54.5 Å². The first kappa shape index (κ1) is 17.8. The fraction of sp³-hybridized carbons (Fsp3) is 0.600. The molecule has 0 bridgehead atoms. The number of nitrogens with zero attached hydrogens (tertiary/aromatic N) is 2. The highest BCUT2D eigenvalue weighted by atomic mass is 16.2. The molecule has 2 saturated heterocycles. The molecule has 1 unspecified atom stereocenters. The molecule has 0 radical (unpaired) electrons. The Morgan fingerprint density at radius 2 is 1.88 bits per heavy atom. The number of carbonyl (C=O) groups is 2. The lowest BCUT2D eigenvalue weighted by atomic mass is 9.67. The molecular formula is C20H29N3O2. The molecule has 136 valence electrons. The Bertz CT molecular complexity index is 609. The number of nitrogens with one attached hydrogen (secondary N) is 1. The zero-order valence-corrected chi connectivity index (χ0v) is 15.3. The summed E-state index contributed by atoms with van der Waals surface area (Å²) in [5, 5.41) is 2.89. The molecule has 0 aromatic heterocycles. The molecule has 1 aromatic carbocycles. The Morgan fingerprint density at radius 1 is 1.20 bits per heavy atom. The minimum absolute atomic E-state index is 0.0381. The Labute approximate surface area is 150 Å². The van der Waals surface area contributed by atoms with E-state index in [0.717, 1.165) is 51.0 Å². The van der Waals surface area contributed by atoms with Gasteiger partial charge >= 0.3 is 6.03 Å². The van der Waals surface area contributed by atoms with E-state index in [1.807, 2.05) is 34.9 Å². The molecular weight excluding hydrogens is 314 g/mol. The number of hydrogen-bond acceptors (Lipinski definition) is 2. The van der Waals surface area contributed by atoms with Gasteiger partial charge < -0.3 is 15.1 Å². The number of amides is 3. The fourth-order valence-electron chi connectivity index (χ4n) is 4.31. The van der Waals surface area contributed by atoms with Crippen LogP contribution in [0.2, 0.25) is 0 Å². The number of urea groups is 1. The summed E-state index contributed by atoms with van der Waals surface area (Å²) in [6, 6.07) is 10.2. The van der Waals surface area contributed by atoms with Gasteiger partial charge in [-0.1, -0.05) is 30.3 Å². The number of piperidine rings is 2. The maximum Gasteiger partial charge on any atom is 0.317 e. The molecule has 0 aliphatic carbocycles. The first-order valence-corrected chi connectivity index (χ1v) is 9.45. The van der Waals surface area contributed by atoms with Crippen LogP contribution in [0.25, 0.3) is 0 Å². The summed E-state index contributed by atoms with van der Waals surface area (Å²) in [7, 11) is 0. The van der Waals surface area contributed by atoms with Gasteiger partial charge in [0, 0.05) is 32.7 Å². The van der Waals surface area contributed by atoms with E-state index in [1.54, 1.807) is 0 Å². The monoisotopic (exact) mass is 343 g/mol. The topological polar surface area (TPSA) is 52.7 Å². The molecule has 0 saturated carbocycles. The van der Waals surface area contributed by atoms with Crippen LogP contribution in [-0.2, 0) is 4.79 Å². The minimum Gasteiger partial charge on any atom is -0.342 e. The number of likely N-dealkylation sites (N-methyl/N-ethyl adjacent to an activating group) is 1. The lowest BCUT2D eigenvalue weighted by molar-refractivity contribution is -0.141. The Balaban J connectivity index is 1.76. The quantitative estimate of drug-likeness (QED) is 0.917. The second kappa shape index (κ2) is 7.46. The highest BCUT2D eigenvalue weighted by Crippen LogP contribution is 2.45. The lowest BCUT2D eigenvalue weighted by Gasteiger charge is -2.49. The third-order valence-corrected chi connectivity index (χ3v) is 5.80. The van der Waals surface area contributed by atoms with Crippen LogP contribution in [0.15, 0.2) is 30.3 Å². The van der Waals surface area contributed by atoms with Crippen LogP contribution in [0, 0.1) is 5.41 Å². The van der Waals surface area contributed by atoms with Gasteiger partial charge in [-0.15, -0.1) is 0 Å². The Hall–Kier alpha value is -2.04. The van der Waals surface area contributed by atoms with Crippen LogP contribution in [0.4, 0.5) is 4.79 Å². The van der Waals surface area contributed by atoms with E-state index in [1.165, 1.54) is 0 Å². The zero-order chi connectivity index (χ0) is 17.9. The van der Waals surface area contributed by atoms with Gasteiger partial charge in [-0.05, 0) is 44.1 Å². The van der Waals surface area contributed by atoms with Crippen molar-refractivity contribution in [1.29, 1.82) is 0 Å². The SMILES string of the molecule is CCNC(=O)N1CCC2(CC1)CC(c1ccccc1)C(=O)N(CC)C2. The van der Waals surface area contributed by atoms with Crippen LogP contribution in [0.5, 0.6) is 0 Å². The van der Waals surface area contributed by atoms with Gasteiger partial charge in [0.2, 0.25) is 5.91 Å². The maximum atomic E-state index is 12.9. The van der Waals surface area contributed by atoms with Gasteiger partial charge in [-0.25, -0.2) is 4.79 Å². The van der Waals surface area contributed by atoms with Crippen molar-refractivity contribution in [2.75, 3.05) is 32.7 Å². The summed E-state index contributed by atoms with van der Waals surface area (Å²) >= 11 is 0. The van der Waals surface area contributed by atoms with Gasteiger partial charge in [0.15, 0.2) is 0 Å². The number of benzene rings is 1. The summed E-state index contributed by atoms with van der Waals surface area (Å²) in [4.78, 5) is 28.9. The molecule has 3 rings (SSSR count). The number of hydrogen-bond donors (Lipinski definition) is 1. The summed E-state index contributed by atoms with van der Waals surface area (Å²) in [5.74, 6) is 0.205. The van der Waals surface area contributed by atoms with Gasteiger partial charge in [-0.3, -0.25) is 4.79 Å². The summed E-state index contributed by atoms with van der Waals surface area (Å²) < 4.78 is 0. The van der Waals surface area contributed by atoms with E-state index in [-0.39, 0.29) is 23.3 Å². The summed E-state index contributed by atoms with van der Waals surface area (Å²) in [6.07, 6.45) is 2.84. The van der Waals surface area contributed by atoms with Crippen LogP contribution >= 0.6 is 0 Å². The highest BCUT2D eigenvalue weighted by Gasteiger charge is 2.46. The van der Waals surface area contributed by atoms with Gasteiger partial charge in [0.1, 0.15) is 0 Å². The van der Waals surface area contributed by atoms with Crippen molar-refractivity contribution in [1.82, 2.24) is 15.1 Å². The normalized spacial score (nSPS) is 23.0. The predicted octanol–water partition coefficient (Wildman–Crippen LogP) is 2.83. The van der Waals surface area contributed by atoms with E-state index >= 15 is 0 Å². The molecule has 2 fully saturated rings. The van der Waals surface area contributed by atoms with Gasteiger partial charge in [0.05, 0.1) is 5.92 Å². The molecule has 25 heavy (non-hydrogen) atoms. The van der Waals surface area contributed by atoms with Crippen LogP contribution in [0.3, 0.4) is 0 Å². The second-order valence-corrected chi connectivity index (χ2v) is 7.34. The largest absolute Gasteiger partial charge is 0.342 e. The third kappa shape index (κ3) is 3.65. The van der Waals surface area contributed by atoms with Crippen molar-refractivity contribution < 1.29 is 9.59 Å². The van der Waals surface area contributed by atoms with Crippen molar-refractivity contribution in [3.8, 4) is 0 Å². The van der Waals surface area contributed by atoms with Crippen LogP contribution in [0.1, 0.15) is 44.6 Å². The fourth-order valence-corrected chi connectivity index (χ4v) is 4.31. The molecule has 5 heteroatoms. The molecule has 1 spiro atoms. The smallest absolute Gasteiger partial charge is 0.317 e. The minimum atomic E-state index is -0.0501. The Kier molecular flexibility index (Phi) is 5.30. The standard InChI is InChI=1S/C20H29N3O2/c1-3-21-19(25)23-12-10-20(11-13-23)14-17(16-8-6-5-7-9-16)18(24)22(4-2)15-20/h5-9,17H,3-4,10-15H2,1-2H3,(H,21,25). The molecule has 5 nitrogen and oxygen atoms in total. The van der Waals surface area contributed by atoms with Gasteiger partial charge in [0.25, 0.3) is 0 Å². The van der Waals surface area contributed by atoms with Crippen molar-refractivity contribution in [3.63, 3.8) is 0 Å². The second-order valence-electron chi connectivity index (χ2n) is 7.34. The van der Waals surface area contributed by atoms with Crippen molar-refractivity contribution in [3.05, 3.63) is 35.9 Å². The van der Waals surface area contributed by atoms with E-state index in [4.69, 9.17) is 0 Å². The highest BCUT2D eigenvalue weighted by molar-refractivity contribution is 5.84. The first-order valence-electron chi connectivity index (χ1n) is 9.45. The number of likely N-dealkylation sites (tertiary alicyclic amines) is 2. The molecule has 2 aliphatic heterocycles. The molecule has 2 heterocycles. The molecule has 1 aromatic rings. The maximum absolute atomic E-state index is 12.9. The summed E-state index contributed by atoms with van der Waals surface area (Å²) in [5.41, 5.74) is 1.25. The Morgan fingerprint density at radius 3 is 2.48 bits per heavy atom. The van der Waals surface area contributed by atoms with Crippen molar-refractivity contribution >= 4 is 11.9 Å². The van der Waals surface area contributed by atoms with Crippen LogP contribution < -0.4 is 5.32 Å². The lowest BCUT2D eigenvalue weighted by Crippen LogP contribution is -2.55. The predicted molar refractivity (Wildman–Crippen MR) is 98.4 cm³/mol.